The average Bonchev–Trinajstić information content (AvgIpc) is 2.85. The van der Waals surface area contributed by atoms with Gasteiger partial charge in [0, 0.05) is 0 Å². The molecule has 3 heteroatoms. The van der Waals surface area contributed by atoms with Crippen LogP contribution in [0.1, 0.15) is 41.2 Å². The van der Waals surface area contributed by atoms with Crippen LogP contribution in [-0.4, -0.2) is 13.7 Å². The molecule has 2 aromatic rings. The summed E-state index contributed by atoms with van der Waals surface area (Å²) in [5, 5.41) is 3.50. The van der Waals surface area contributed by atoms with Crippen molar-refractivity contribution in [1.29, 1.82) is 0 Å². The molecule has 0 radical (unpaired) electrons. The topological polar surface area (TPSA) is 34.4 Å². The molecule has 20 heavy (non-hydrogen) atoms. The fraction of sp³-hybridized carbons (Fsp3) is 0.412. The van der Waals surface area contributed by atoms with Gasteiger partial charge in [0.15, 0.2) is 0 Å². The molecular formula is C17H23NO2. The van der Waals surface area contributed by atoms with Gasteiger partial charge in [-0.1, -0.05) is 13.0 Å². The predicted octanol–water partition coefficient (Wildman–Crippen LogP) is 3.91. The first-order chi connectivity index (χ1) is 9.56. The number of hydrogen-bond acceptors (Lipinski definition) is 3. The predicted molar refractivity (Wildman–Crippen MR) is 81.4 cm³/mol. The van der Waals surface area contributed by atoms with Crippen LogP contribution in [0.3, 0.4) is 0 Å². The van der Waals surface area contributed by atoms with Crippen LogP contribution in [0.4, 0.5) is 0 Å². The Hall–Kier alpha value is -1.74. The van der Waals surface area contributed by atoms with Crippen LogP contribution in [0.5, 0.6) is 5.75 Å². The van der Waals surface area contributed by atoms with E-state index in [1.165, 1.54) is 11.1 Å². The van der Waals surface area contributed by atoms with Gasteiger partial charge in [-0.25, -0.2) is 0 Å². The van der Waals surface area contributed by atoms with Gasteiger partial charge in [0.05, 0.1) is 13.2 Å². The van der Waals surface area contributed by atoms with E-state index in [-0.39, 0.29) is 6.04 Å². The highest BCUT2D eigenvalue weighted by Crippen LogP contribution is 2.31. The lowest BCUT2D eigenvalue weighted by Crippen LogP contribution is -2.22. The second-order valence-corrected chi connectivity index (χ2v) is 5.12. The lowest BCUT2D eigenvalue weighted by molar-refractivity contribution is 0.409. The highest BCUT2D eigenvalue weighted by atomic mass is 16.5. The van der Waals surface area contributed by atoms with E-state index in [2.05, 4.69) is 38.2 Å². The number of benzene rings is 1. The molecule has 0 fully saturated rings. The molecule has 0 aliphatic rings. The van der Waals surface area contributed by atoms with Crippen molar-refractivity contribution in [3.8, 4) is 5.75 Å². The van der Waals surface area contributed by atoms with Crippen molar-refractivity contribution in [2.45, 2.75) is 33.7 Å². The quantitative estimate of drug-likeness (QED) is 0.896. The number of nitrogens with one attached hydrogen (secondary N) is 1. The van der Waals surface area contributed by atoms with Crippen molar-refractivity contribution in [3.63, 3.8) is 0 Å². The molecule has 1 unspecified atom stereocenters. The molecule has 1 aromatic heterocycles. The molecule has 0 saturated carbocycles. The Labute approximate surface area is 121 Å². The molecule has 0 saturated heterocycles. The van der Waals surface area contributed by atoms with Gasteiger partial charge in [-0.2, -0.15) is 0 Å². The number of furan rings is 1. The summed E-state index contributed by atoms with van der Waals surface area (Å²) in [4.78, 5) is 0. The highest BCUT2D eigenvalue weighted by Gasteiger charge is 2.19. The summed E-state index contributed by atoms with van der Waals surface area (Å²) >= 11 is 0. The van der Waals surface area contributed by atoms with Gasteiger partial charge >= 0.3 is 0 Å². The maximum Gasteiger partial charge on any atom is 0.125 e. The number of methoxy groups -OCH3 is 1. The summed E-state index contributed by atoms with van der Waals surface area (Å²) in [5.41, 5.74) is 3.58. The van der Waals surface area contributed by atoms with E-state index in [9.17, 15) is 0 Å². The lowest BCUT2D eigenvalue weighted by Gasteiger charge is -2.20. The van der Waals surface area contributed by atoms with Crippen molar-refractivity contribution < 1.29 is 9.15 Å². The number of aryl methyl sites for hydroxylation is 3. The number of hydrogen-bond donors (Lipinski definition) is 1. The molecule has 0 spiro atoms. The van der Waals surface area contributed by atoms with Crippen LogP contribution >= 0.6 is 0 Å². The van der Waals surface area contributed by atoms with Crippen LogP contribution in [0.15, 0.2) is 28.7 Å². The fourth-order valence-electron chi connectivity index (χ4n) is 2.52. The molecule has 1 N–H and O–H groups in total. The van der Waals surface area contributed by atoms with Gasteiger partial charge in [-0.3, -0.25) is 0 Å². The van der Waals surface area contributed by atoms with Gasteiger partial charge in [0.2, 0.25) is 0 Å². The van der Waals surface area contributed by atoms with Crippen molar-refractivity contribution in [1.82, 2.24) is 5.32 Å². The summed E-state index contributed by atoms with van der Waals surface area (Å²) in [6, 6.07) is 8.40. The van der Waals surface area contributed by atoms with E-state index in [1.54, 1.807) is 7.11 Å². The SMILES string of the molecule is CCNC(c1ccc(C)o1)c1cc(C)c(OC)cc1C. The molecular weight excluding hydrogens is 250 g/mol. The minimum atomic E-state index is 0.0818. The van der Waals surface area contributed by atoms with Gasteiger partial charge < -0.3 is 14.5 Å². The van der Waals surface area contributed by atoms with Crippen LogP contribution in [0, 0.1) is 20.8 Å². The van der Waals surface area contributed by atoms with Crippen LogP contribution in [0.2, 0.25) is 0 Å². The molecule has 3 nitrogen and oxygen atoms in total. The molecule has 108 valence electrons. The molecule has 2 rings (SSSR count). The van der Waals surface area contributed by atoms with Crippen molar-refractivity contribution >= 4 is 0 Å². The summed E-state index contributed by atoms with van der Waals surface area (Å²) in [5.74, 6) is 2.82. The summed E-state index contributed by atoms with van der Waals surface area (Å²) < 4.78 is 11.2. The van der Waals surface area contributed by atoms with Crippen molar-refractivity contribution in [2.24, 2.45) is 0 Å². The number of rotatable bonds is 5. The number of ether oxygens (including phenoxy) is 1. The first-order valence-electron chi connectivity index (χ1n) is 7.01. The minimum Gasteiger partial charge on any atom is -0.496 e. The van der Waals surface area contributed by atoms with E-state index < -0.39 is 0 Å². The van der Waals surface area contributed by atoms with E-state index >= 15 is 0 Å². The Morgan fingerprint density at radius 1 is 1.15 bits per heavy atom. The zero-order valence-corrected chi connectivity index (χ0v) is 12.9. The Kier molecular flexibility index (Phi) is 4.50. The van der Waals surface area contributed by atoms with Gasteiger partial charge in [0.25, 0.3) is 0 Å². The van der Waals surface area contributed by atoms with E-state index in [1.807, 2.05) is 19.1 Å². The van der Waals surface area contributed by atoms with E-state index in [4.69, 9.17) is 9.15 Å². The van der Waals surface area contributed by atoms with Crippen molar-refractivity contribution in [2.75, 3.05) is 13.7 Å². The monoisotopic (exact) mass is 273 g/mol. The van der Waals surface area contributed by atoms with Crippen molar-refractivity contribution in [3.05, 3.63) is 52.5 Å². The second kappa shape index (κ2) is 6.14. The standard InChI is InChI=1S/C17H23NO2/c1-6-18-17(15-8-7-13(4)20-15)14-9-12(3)16(19-5)10-11(14)2/h7-10,17-18H,6H2,1-5H3. The van der Waals surface area contributed by atoms with E-state index in [0.29, 0.717) is 0 Å². The summed E-state index contributed by atoms with van der Waals surface area (Å²) in [6.45, 7) is 9.14. The maximum absolute atomic E-state index is 5.81. The van der Waals surface area contributed by atoms with Crippen LogP contribution < -0.4 is 10.1 Å². The Morgan fingerprint density at radius 3 is 2.45 bits per heavy atom. The fourth-order valence-corrected chi connectivity index (χ4v) is 2.52. The van der Waals surface area contributed by atoms with E-state index in [0.717, 1.165) is 29.4 Å². The average molecular weight is 273 g/mol. The third kappa shape index (κ3) is 2.88. The second-order valence-electron chi connectivity index (χ2n) is 5.12. The zero-order chi connectivity index (χ0) is 14.7. The first kappa shape index (κ1) is 14.7. The Bertz CT molecular complexity index is 587. The van der Waals surface area contributed by atoms with Crippen LogP contribution in [0.25, 0.3) is 0 Å². The van der Waals surface area contributed by atoms with Gasteiger partial charge in [-0.05, 0) is 62.2 Å². The molecule has 1 aromatic carbocycles. The zero-order valence-electron chi connectivity index (χ0n) is 12.9. The Balaban J connectivity index is 2.46. The summed E-state index contributed by atoms with van der Waals surface area (Å²) in [6.07, 6.45) is 0. The third-order valence-electron chi connectivity index (χ3n) is 3.55. The molecule has 0 aliphatic carbocycles. The van der Waals surface area contributed by atoms with Gasteiger partial charge in [-0.15, -0.1) is 0 Å². The molecule has 0 bridgehead atoms. The summed E-state index contributed by atoms with van der Waals surface area (Å²) in [7, 11) is 1.71. The molecule has 1 atom stereocenters. The Morgan fingerprint density at radius 2 is 1.90 bits per heavy atom. The third-order valence-corrected chi connectivity index (χ3v) is 3.55. The first-order valence-corrected chi connectivity index (χ1v) is 7.01. The largest absolute Gasteiger partial charge is 0.496 e. The van der Waals surface area contributed by atoms with Crippen LogP contribution in [-0.2, 0) is 0 Å². The minimum absolute atomic E-state index is 0.0818. The smallest absolute Gasteiger partial charge is 0.125 e. The maximum atomic E-state index is 5.81. The van der Waals surface area contributed by atoms with Gasteiger partial charge in [0.1, 0.15) is 17.3 Å². The normalized spacial score (nSPS) is 12.4. The molecule has 0 amide bonds. The molecule has 1 heterocycles. The molecule has 0 aliphatic heterocycles. The lowest BCUT2D eigenvalue weighted by atomic mass is 9.96. The highest BCUT2D eigenvalue weighted by molar-refractivity contribution is 5.44.